The van der Waals surface area contributed by atoms with Gasteiger partial charge in [-0.3, -0.25) is 0 Å². The lowest BCUT2D eigenvalue weighted by atomic mass is 9.90. The van der Waals surface area contributed by atoms with E-state index in [2.05, 4.69) is 0 Å². The van der Waals surface area contributed by atoms with Crippen LogP contribution in [-0.4, -0.2) is 15.7 Å². The largest absolute Gasteiger partial charge is 0.392 e. The highest BCUT2D eigenvalue weighted by atomic mass is 16.5. The summed E-state index contributed by atoms with van der Waals surface area (Å²) >= 11 is 0. The minimum absolute atomic E-state index is 0.0452. The molecule has 0 spiro atoms. The molecule has 1 radical (unpaired) electrons. The summed E-state index contributed by atoms with van der Waals surface area (Å²) in [6.07, 6.45) is 1.79. The molecule has 0 aliphatic carbocycles. The molecule has 0 amide bonds. The molecule has 0 saturated carbocycles. The fourth-order valence-electron chi connectivity index (χ4n) is 2.65. The Bertz CT molecular complexity index is 399. The molecule has 1 aromatic rings. The first-order chi connectivity index (χ1) is 7.90. The molecule has 1 fully saturated rings. The summed E-state index contributed by atoms with van der Waals surface area (Å²) in [6, 6.07) is 7.69. The average Bonchev–Trinajstić information content (AvgIpc) is 2.55. The number of nitrogens with zero attached hydrogens (tertiary/aromatic N) is 1. The Hall–Kier alpha value is -0.900. The summed E-state index contributed by atoms with van der Waals surface area (Å²) in [6.45, 7) is 6.03. The van der Waals surface area contributed by atoms with E-state index in [1.165, 1.54) is 5.06 Å². The van der Waals surface area contributed by atoms with Crippen molar-refractivity contribution in [1.29, 1.82) is 0 Å². The number of rotatable bonds is 2. The van der Waals surface area contributed by atoms with E-state index in [-0.39, 0.29) is 12.1 Å². The quantitative estimate of drug-likeness (QED) is 0.854. The summed E-state index contributed by atoms with van der Waals surface area (Å²) in [5.41, 5.74) is 1.20. The van der Waals surface area contributed by atoms with Crippen LogP contribution in [0.25, 0.3) is 0 Å². The number of benzene rings is 1. The third kappa shape index (κ3) is 1.99. The van der Waals surface area contributed by atoms with Gasteiger partial charge in [-0.2, -0.15) is 0 Å². The van der Waals surface area contributed by atoms with Crippen LogP contribution in [0.4, 0.5) is 0 Å². The second-order valence-electron chi connectivity index (χ2n) is 5.74. The molecule has 1 N–H and O–H groups in total. The van der Waals surface area contributed by atoms with E-state index in [1.807, 2.05) is 45.0 Å². The van der Waals surface area contributed by atoms with E-state index in [0.29, 0.717) is 0 Å². The summed E-state index contributed by atoms with van der Waals surface area (Å²) in [7, 11) is 0. The van der Waals surface area contributed by atoms with Crippen molar-refractivity contribution >= 4 is 0 Å². The Kier molecular flexibility index (Phi) is 3.02. The molecule has 3 nitrogen and oxygen atoms in total. The van der Waals surface area contributed by atoms with Crippen LogP contribution in [0.3, 0.4) is 0 Å². The molecule has 0 bridgehead atoms. The highest BCUT2D eigenvalue weighted by Gasteiger charge is 2.49. The number of hydrogen-bond acceptors (Lipinski definition) is 2. The van der Waals surface area contributed by atoms with Crippen LogP contribution in [0.15, 0.2) is 24.3 Å². The van der Waals surface area contributed by atoms with Gasteiger partial charge in [-0.05, 0) is 44.7 Å². The van der Waals surface area contributed by atoms with Crippen molar-refractivity contribution in [3.8, 4) is 0 Å². The lowest BCUT2D eigenvalue weighted by molar-refractivity contribution is -0.252. The van der Waals surface area contributed by atoms with Crippen LogP contribution in [0.2, 0.25) is 0 Å². The lowest BCUT2D eigenvalue weighted by Crippen LogP contribution is -2.44. The van der Waals surface area contributed by atoms with Crippen molar-refractivity contribution in [2.45, 2.75) is 51.3 Å². The molecule has 1 unspecified atom stereocenters. The monoisotopic (exact) mass is 234 g/mol. The Morgan fingerprint density at radius 1 is 1.18 bits per heavy atom. The van der Waals surface area contributed by atoms with Gasteiger partial charge in [0.1, 0.15) is 0 Å². The molecule has 0 aromatic heterocycles. The number of hydroxylamine groups is 2. The van der Waals surface area contributed by atoms with Crippen molar-refractivity contribution in [2.75, 3.05) is 0 Å². The molecule has 93 valence electrons. The van der Waals surface area contributed by atoms with Gasteiger partial charge in [-0.1, -0.05) is 24.3 Å². The predicted molar refractivity (Wildman–Crippen MR) is 65.6 cm³/mol. The molecule has 1 aliphatic rings. The maximum absolute atomic E-state index is 12.4. The first kappa shape index (κ1) is 12.6. The number of aliphatic hydroxyl groups excluding tert-OH is 1. The van der Waals surface area contributed by atoms with Crippen molar-refractivity contribution in [3.63, 3.8) is 0 Å². The zero-order valence-corrected chi connectivity index (χ0v) is 10.7. The lowest BCUT2D eigenvalue weighted by Gasteiger charge is -2.35. The third-order valence-corrected chi connectivity index (χ3v) is 3.98. The van der Waals surface area contributed by atoms with Crippen molar-refractivity contribution in [3.05, 3.63) is 35.4 Å². The van der Waals surface area contributed by atoms with E-state index in [0.717, 1.165) is 24.0 Å². The zero-order valence-electron chi connectivity index (χ0n) is 10.7. The maximum atomic E-state index is 12.4. The van der Waals surface area contributed by atoms with Gasteiger partial charge in [0.05, 0.1) is 12.1 Å². The van der Waals surface area contributed by atoms with E-state index in [4.69, 9.17) is 5.11 Å². The van der Waals surface area contributed by atoms with Gasteiger partial charge in [0.25, 0.3) is 0 Å². The number of aliphatic hydroxyl groups is 1. The Morgan fingerprint density at radius 2 is 1.76 bits per heavy atom. The van der Waals surface area contributed by atoms with Crippen LogP contribution < -0.4 is 0 Å². The predicted octanol–water partition coefficient (Wildman–Crippen LogP) is 2.61. The average molecular weight is 234 g/mol. The van der Waals surface area contributed by atoms with Gasteiger partial charge < -0.3 is 5.11 Å². The van der Waals surface area contributed by atoms with Crippen molar-refractivity contribution in [2.24, 2.45) is 0 Å². The highest BCUT2D eigenvalue weighted by molar-refractivity contribution is 5.29. The van der Waals surface area contributed by atoms with Crippen LogP contribution in [0.5, 0.6) is 0 Å². The van der Waals surface area contributed by atoms with Gasteiger partial charge in [-0.15, -0.1) is 10.3 Å². The number of hydrogen-bond donors (Lipinski definition) is 1. The van der Waals surface area contributed by atoms with E-state index in [9.17, 15) is 5.21 Å². The Labute approximate surface area is 103 Å². The van der Waals surface area contributed by atoms with Gasteiger partial charge in [-0.25, -0.2) is 0 Å². The van der Waals surface area contributed by atoms with E-state index in [1.54, 1.807) is 0 Å². The highest BCUT2D eigenvalue weighted by Crippen LogP contribution is 2.45. The van der Waals surface area contributed by atoms with Crippen LogP contribution >= 0.6 is 0 Å². The first-order valence-electron chi connectivity index (χ1n) is 6.08. The van der Waals surface area contributed by atoms with E-state index < -0.39 is 5.54 Å². The van der Waals surface area contributed by atoms with Gasteiger partial charge in [0, 0.05) is 5.54 Å². The molecule has 1 aliphatic heterocycles. The minimum atomic E-state index is -0.433. The smallest absolute Gasteiger partial charge is 0.0720 e. The molecule has 17 heavy (non-hydrogen) atoms. The maximum Gasteiger partial charge on any atom is 0.0720 e. The normalized spacial score (nSPS) is 28.5. The summed E-state index contributed by atoms with van der Waals surface area (Å²) in [5, 5.41) is 22.6. The van der Waals surface area contributed by atoms with Crippen molar-refractivity contribution < 1.29 is 10.3 Å². The topological polar surface area (TPSA) is 43.4 Å². The molecule has 1 aromatic carbocycles. The fourth-order valence-corrected chi connectivity index (χ4v) is 2.65. The fraction of sp³-hybridized carbons (Fsp3) is 0.571. The van der Waals surface area contributed by atoms with E-state index >= 15 is 0 Å². The zero-order chi connectivity index (χ0) is 12.7. The SMILES string of the molecule is CC1(C)CCC(C)(c2ccc(CO)cc2)N1[O]. The van der Waals surface area contributed by atoms with Crippen LogP contribution in [0.1, 0.15) is 44.7 Å². The summed E-state index contributed by atoms with van der Waals surface area (Å²) in [4.78, 5) is 0. The molecular formula is C14H20NO2. The summed E-state index contributed by atoms with van der Waals surface area (Å²) < 4.78 is 0. The Morgan fingerprint density at radius 3 is 2.18 bits per heavy atom. The second kappa shape index (κ2) is 4.09. The third-order valence-electron chi connectivity index (χ3n) is 3.98. The van der Waals surface area contributed by atoms with Crippen LogP contribution in [-0.2, 0) is 17.4 Å². The molecular weight excluding hydrogens is 214 g/mol. The molecule has 1 heterocycles. The standard InChI is InChI=1S/C14H20NO2/c1-13(2)8-9-14(3,15(13)17)12-6-4-11(10-16)5-7-12/h4-7,16H,8-10H2,1-3H3. The molecule has 3 heteroatoms. The van der Waals surface area contributed by atoms with Gasteiger partial charge >= 0.3 is 0 Å². The minimum Gasteiger partial charge on any atom is -0.392 e. The van der Waals surface area contributed by atoms with Gasteiger partial charge in [0.2, 0.25) is 0 Å². The molecule has 1 atom stereocenters. The van der Waals surface area contributed by atoms with Crippen molar-refractivity contribution in [1.82, 2.24) is 5.06 Å². The van der Waals surface area contributed by atoms with Crippen LogP contribution in [0, 0.1) is 0 Å². The van der Waals surface area contributed by atoms with Gasteiger partial charge in [0.15, 0.2) is 0 Å². The molecule has 1 saturated heterocycles. The first-order valence-corrected chi connectivity index (χ1v) is 6.08. The molecule has 2 rings (SSSR count). The second-order valence-corrected chi connectivity index (χ2v) is 5.74. The summed E-state index contributed by atoms with van der Waals surface area (Å²) in [5.74, 6) is 0. The Balaban J connectivity index is 2.32.